The lowest BCUT2D eigenvalue weighted by molar-refractivity contribution is -0.485. The summed E-state index contributed by atoms with van der Waals surface area (Å²) >= 11 is 0. The molecule has 0 bridgehead atoms. The van der Waals surface area contributed by atoms with Crippen LogP contribution in [0.5, 0.6) is 0 Å². The Hall–Kier alpha value is -13.5. The number of nitrogens with one attached hydrogen (secondary N) is 7. The summed E-state index contributed by atoms with van der Waals surface area (Å²) in [6.07, 6.45) is 8.73. The predicted molar refractivity (Wildman–Crippen MR) is 481 cm³/mol. The molecule has 0 saturated heterocycles. The van der Waals surface area contributed by atoms with Gasteiger partial charge in [-0.15, -0.1) is 0 Å². The smallest absolute Gasteiger partial charge is 0.266 e. The summed E-state index contributed by atoms with van der Waals surface area (Å²) in [7, 11) is -14.9. The van der Waals surface area contributed by atoms with E-state index in [0.29, 0.717) is 89.5 Å². The second kappa shape index (κ2) is 42.8. The molecule has 628 valence electrons. The average molecular weight is 1710 g/mol. The van der Waals surface area contributed by atoms with Crippen LogP contribution in [0.2, 0.25) is 0 Å². The highest BCUT2D eigenvalue weighted by molar-refractivity contribution is 7.93. The van der Waals surface area contributed by atoms with E-state index in [1.807, 2.05) is 143 Å². The van der Waals surface area contributed by atoms with Crippen molar-refractivity contribution >= 4 is 130 Å². The van der Waals surface area contributed by atoms with Crippen LogP contribution in [-0.2, 0) is 70.7 Å². The van der Waals surface area contributed by atoms with Crippen molar-refractivity contribution in [1.29, 1.82) is 0 Å². The zero-order chi connectivity index (χ0) is 86.5. The molecule has 0 aliphatic rings. The van der Waals surface area contributed by atoms with Crippen molar-refractivity contribution in [2.45, 2.75) is 119 Å². The van der Waals surface area contributed by atoms with Crippen LogP contribution in [-0.4, -0.2) is 102 Å². The molecule has 29 nitrogen and oxygen atoms in total. The normalized spacial score (nSPS) is 11.6. The lowest BCUT2D eigenvalue weighted by Gasteiger charge is -2.11. The number of sulfonamides is 4. The molecular formula is C88H96N18O11S4. The van der Waals surface area contributed by atoms with Crippen LogP contribution in [0, 0.1) is 37.8 Å². The minimum Gasteiger partial charge on any atom is -0.370 e. The fourth-order valence-corrected chi connectivity index (χ4v) is 16.4. The van der Waals surface area contributed by atoms with E-state index < -0.39 is 45.1 Å². The number of aliphatic imine (C=N–C) groups is 1. The number of carbonyl (C=O) groups excluding carboxylic acids is 1. The molecule has 0 saturated carbocycles. The number of pyridine rings is 4. The van der Waals surface area contributed by atoms with E-state index in [4.69, 9.17) is 17.2 Å². The largest absolute Gasteiger partial charge is 0.370 e. The number of unbranched alkanes of at least 4 members (excludes halogenated alkanes) is 3. The van der Waals surface area contributed by atoms with Crippen LogP contribution in [0.4, 0.5) is 22.7 Å². The third-order valence-corrected chi connectivity index (χ3v) is 24.0. The van der Waals surface area contributed by atoms with Gasteiger partial charge in [0.1, 0.15) is 5.10 Å². The summed E-state index contributed by atoms with van der Waals surface area (Å²) in [4.78, 5) is 44.6. The Kier molecular flexibility index (Phi) is 31.7. The number of hydrazone groups is 2. The maximum absolute atomic E-state index is 12.8. The Bertz CT molecular complexity index is 6330. The molecule has 1 amide bonds. The number of para-hydroxylation sites is 4. The average Bonchev–Trinajstić information content (AvgIpc) is 0.807. The molecular weight excluding hydrogens is 1610 g/mol. The van der Waals surface area contributed by atoms with E-state index >= 15 is 0 Å². The van der Waals surface area contributed by atoms with Gasteiger partial charge in [0.05, 0.1) is 82.9 Å². The van der Waals surface area contributed by atoms with E-state index in [-0.39, 0.29) is 37.4 Å². The predicted octanol–water partition coefficient (Wildman–Crippen LogP) is 14.0. The first-order chi connectivity index (χ1) is 57.9. The van der Waals surface area contributed by atoms with Crippen LogP contribution < -0.4 is 52.1 Å². The number of hydrogen-bond donors (Lipinski definition) is 10. The molecule has 0 spiro atoms. The lowest BCUT2D eigenvalue weighted by atomic mass is 10.1. The van der Waals surface area contributed by atoms with Gasteiger partial charge in [-0.25, -0.2) is 48.8 Å². The molecule has 13 N–H and O–H groups in total. The molecule has 13 aromatic rings. The SMILES string of the molecule is CC(=O)NCCCCc1ccc2cccc(NS(=O)(=O)c3ccc(C)cc3)c2n1.Cc1ccc(S(=O)(=O)Nc2cccc3ccc(/C=N/NCc4ccccc4)nc23)cc1.Cc1ccc(S(=O)(=O)Nc2cccc3ccc(CCCCN/C(N)=N/[N+](=O)[O-])nc23)cc1.Cc1ccc(S(=O)(=O)Nc2cccc3ccc(CCCCN=C(N)N)nc23)cc1. The number of hydrogen-bond acceptors (Lipinski definition) is 18. The quantitative estimate of drug-likeness (QED) is 0.00615. The Morgan fingerprint density at radius 1 is 0.405 bits per heavy atom. The number of aryl methyl sites for hydroxylation is 7. The number of anilines is 4. The molecule has 0 aliphatic carbocycles. The van der Waals surface area contributed by atoms with Crippen molar-refractivity contribution in [3.05, 3.63) is 309 Å². The number of fused-ring (bicyclic) bond motifs is 4. The van der Waals surface area contributed by atoms with Crippen LogP contribution in [0.25, 0.3) is 43.6 Å². The zero-order valence-electron chi connectivity index (χ0n) is 67.4. The fraction of sp³-hybridized carbons (Fsp3) is 0.205. The van der Waals surface area contributed by atoms with Gasteiger partial charge in [0.25, 0.3) is 46.1 Å². The molecule has 121 heavy (non-hydrogen) atoms. The van der Waals surface area contributed by atoms with E-state index in [9.17, 15) is 48.6 Å². The minimum atomic E-state index is -3.74. The summed E-state index contributed by atoms with van der Waals surface area (Å²) in [5.41, 5.74) is 31.5. The number of benzene rings is 9. The molecule has 33 heteroatoms. The van der Waals surface area contributed by atoms with Gasteiger partial charge in [0, 0.05) is 65.2 Å². The van der Waals surface area contributed by atoms with Gasteiger partial charge in [0.2, 0.25) is 5.91 Å². The van der Waals surface area contributed by atoms with Crippen LogP contribution >= 0.6 is 0 Å². The third-order valence-electron chi connectivity index (χ3n) is 18.5. The summed E-state index contributed by atoms with van der Waals surface area (Å²) in [5.74, 6) is -0.164. The van der Waals surface area contributed by atoms with Gasteiger partial charge in [-0.05, 0) is 188 Å². The molecule has 4 heterocycles. The molecule has 0 radical (unpaired) electrons. The highest BCUT2D eigenvalue weighted by atomic mass is 32.2. The Balaban J connectivity index is 0.000000169. The van der Waals surface area contributed by atoms with E-state index in [1.165, 1.54) is 6.92 Å². The first kappa shape index (κ1) is 89.8. The summed E-state index contributed by atoms with van der Waals surface area (Å²) < 4.78 is 113. The number of nitrogens with zero attached hydrogens (tertiary/aromatic N) is 8. The lowest BCUT2D eigenvalue weighted by Crippen LogP contribution is -2.33. The van der Waals surface area contributed by atoms with Crippen molar-refractivity contribution < 1.29 is 43.5 Å². The van der Waals surface area contributed by atoms with Gasteiger partial charge < -0.3 is 33.3 Å². The maximum atomic E-state index is 12.8. The first-order valence-electron chi connectivity index (χ1n) is 38.7. The fourth-order valence-electron chi connectivity index (χ4n) is 12.2. The number of nitro groups is 1. The molecule has 0 atom stereocenters. The van der Waals surface area contributed by atoms with Gasteiger partial charge >= 0.3 is 0 Å². The Morgan fingerprint density at radius 2 is 0.744 bits per heavy atom. The second-order valence-electron chi connectivity index (χ2n) is 28.2. The molecule has 0 unspecified atom stereocenters. The van der Waals surface area contributed by atoms with Gasteiger partial charge in [-0.1, -0.05) is 174 Å². The standard InChI is InChI=1S/C24H22N4O2S.C22H25N3O3S.C21H24N6O4S.C21H25N5O2S/c1-18-10-14-22(15-11-18)31(29,30)28-23-9-5-8-20-12-13-21(27-24(20)23)17-26-25-16-19-6-3-2-4-7-19;1-16-9-13-20(14-10-16)29(27,28)25-21-8-5-6-18-11-12-19(24-22(18)21)7-3-4-15-23-17(2)26;1-15-8-12-18(13-9-15)32(30,31)26-19-7-4-5-16-10-11-17(24-20(16)19)6-2-3-14-23-21(22)25-27(28)29;1-15-8-12-18(13-9-15)29(27,28)26-19-7-4-5-16-10-11-17(25-20(16)19)6-2-3-14-24-21(22)23/h2-15,17,25,28H,16H2,1H3;5-6,8-14,25H,3-4,7,15H2,1-2H3,(H,23,26);4-5,7-13,26H,2-3,6,14H2,1H3,(H3,22,23,25);4-5,7-13,26H,2-3,6,14H2,1H3,(H4,22,23,24)/b26-17+;;;. The minimum absolute atomic E-state index is 0.0284. The Morgan fingerprint density at radius 3 is 1.09 bits per heavy atom. The molecule has 13 rings (SSSR count). The van der Waals surface area contributed by atoms with E-state index in [0.717, 1.165) is 111 Å². The topological polar surface area (TPSA) is 448 Å². The molecule has 4 aromatic heterocycles. The van der Waals surface area contributed by atoms with E-state index in [2.05, 4.69) is 70.1 Å². The number of amides is 1. The van der Waals surface area contributed by atoms with Gasteiger partial charge in [-0.2, -0.15) is 5.10 Å². The number of carbonyl (C=O) groups is 1. The van der Waals surface area contributed by atoms with Crippen molar-refractivity contribution in [2.75, 3.05) is 38.5 Å². The van der Waals surface area contributed by atoms with Crippen LogP contribution in [0.15, 0.2) is 283 Å². The van der Waals surface area contributed by atoms with Crippen molar-refractivity contribution in [1.82, 2.24) is 36.0 Å². The van der Waals surface area contributed by atoms with Gasteiger partial charge in [-0.3, -0.25) is 43.6 Å². The number of guanidine groups is 2. The Labute approximate surface area is 704 Å². The molecule has 0 aliphatic heterocycles. The second-order valence-corrected chi connectivity index (χ2v) is 34.9. The third kappa shape index (κ3) is 27.5. The van der Waals surface area contributed by atoms with Crippen molar-refractivity contribution in [3.8, 4) is 0 Å². The van der Waals surface area contributed by atoms with E-state index in [1.54, 1.807) is 140 Å². The summed E-state index contributed by atoms with van der Waals surface area (Å²) in [5, 5.41) is 25.4. The van der Waals surface area contributed by atoms with Gasteiger partial charge in [0.15, 0.2) is 11.0 Å². The number of aromatic nitrogens is 4. The van der Waals surface area contributed by atoms with Crippen molar-refractivity contribution in [3.63, 3.8) is 0 Å². The maximum Gasteiger partial charge on any atom is 0.266 e. The van der Waals surface area contributed by atoms with Crippen molar-refractivity contribution in [2.24, 2.45) is 32.4 Å². The van der Waals surface area contributed by atoms with Crippen LogP contribution in [0.1, 0.15) is 96.0 Å². The monoisotopic (exact) mass is 1710 g/mol. The summed E-state index contributed by atoms with van der Waals surface area (Å²) in [6.45, 7) is 11.4. The zero-order valence-corrected chi connectivity index (χ0v) is 70.6. The summed E-state index contributed by atoms with van der Waals surface area (Å²) in [6, 6.07) is 73.8. The highest BCUT2D eigenvalue weighted by Crippen LogP contribution is 2.31. The number of nitrogens with two attached hydrogens (primary N) is 3. The first-order valence-corrected chi connectivity index (χ1v) is 44.6. The molecule has 9 aromatic carbocycles. The molecule has 0 fully saturated rings. The number of rotatable bonds is 32. The highest BCUT2D eigenvalue weighted by Gasteiger charge is 2.21. The van der Waals surface area contributed by atoms with Crippen LogP contribution in [0.3, 0.4) is 0 Å².